The number of carbonyl (C=O) groups excluding carboxylic acids is 2. The summed E-state index contributed by atoms with van der Waals surface area (Å²) in [4.78, 5) is 24.1. The first kappa shape index (κ1) is 15.2. The quantitative estimate of drug-likeness (QED) is 0.639. The summed E-state index contributed by atoms with van der Waals surface area (Å²) in [5.74, 6) is -0.622. The van der Waals surface area contributed by atoms with Gasteiger partial charge in [-0.3, -0.25) is 9.69 Å². The zero-order valence-corrected chi connectivity index (χ0v) is 12.1. The van der Waals surface area contributed by atoms with Crippen molar-refractivity contribution in [2.24, 2.45) is 0 Å². The van der Waals surface area contributed by atoms with Gasteiger partial charge in [-0.25, -0.2) is 9.18 Å². The first-order chi connectivity index (χ1) is 10.0. The fourth-order valence-corrected chi connectivity index (χ4v) is 2.03. The lowest BCUT2D eigenvalue weighted by molar-refractivity contribution is -0.105. The molecule has 21 heavy (non-hydrogen) atoms. The van der Waals surface area contributed by atoms with E-state index in [2.05, 4.69) is 10.6 Å². The zero-order chi connectivity index (χ0) is 15.4. The van der Waals surface area contributed by atoms with Gasteiger partial charge >= 0.3 is 6.09 Å². The van der Waals surface area contributed by atoms with Gasteiger partial charge in [0.05, 0.1) is 29.5 Å². The number of amides is 2. The van der Waals surface area contributed by atoms with Crippen LogP contribution in [-0.4, -0.2) is 36.7 Å². The van der Waals surface area contributed by atoms with Crippen molar-refractivity contribution in [1.29, 1.82) is 0 Å². The van der Waals surface area contributed by atoms with Crippen molar-refractivity contribution in [2.75, 3.05) is 23.3 Å². The topological polar surface area (TPSA) is 70.7 Å². The van der Waals surface area contributed by atoms with Gasteiger partial charge in [-0.2, -0.15) is 0 Å². The molecule has 1 saturated heterocycles. The number of nitrogens with one attached hydrogen (secondary N) is 2. The van der Waals surface area contributed by atoms with E-state index in [1.54, 1.807) is 6.92 Å². The van der Waals surface area contributed by atoms with Gasteiger partial charge in [-0.05, 0) is 25.1 Å². The molecule has 2 N–H and O–H groups in total. The molecule has 0 radical (unpaired) electrons. The number of cyclic esters (lactones) is 1. The number of carbonyl (C=O) groups is 2. The number of hydrogen-bond donors (Lipinski definition) is 2. The van der Waals surface area contributed by atoms with E-state index in [4.69, 9.17) is 17.0 Å². The largest absolute Gasteiger partial charge is 0.442 e. The summed E-state index contributed by atoms with van der Waals surface area (Å²) >= 11 is 4.89. The van der Waals surface area contributed by atoms with Crippen LogP contribution in [0.1, 0.15) is 6.92 Å². The molecule has 6 nitrogen and oxygen atoms in total. The summed E-state index contributed by atoms with van der Waals surface area (Å²) < 4.78 is 18.9. The number of anilines is 2. The van der Waals surface area contributed by atoms with Gasteiger partial charge < -0.3 is 15.4 Å². The van der Waals surface area contributed by atoms with Crippen molar-refractivity contribution in [2.45, 2.75) is 13.0 Å². The first-order valence-corrected chi connectivity index (χ1v) is 6.64. The molecule has 0 unspecified atom stereocenters. The number of halogens is 1. The Morgan fingerprint density at radius 3 is 3.00 bits per heavy atom. The second-order valence-electron chi connectivity index (χ2n) is 4.48. The number of thiocarbonyl (C=S) groups is 1. The lowest BCUT2D eigenvalue weighted by Gasteiger charge is -2.14. The normalized spacial score (nSPS) is 17.3. The van der Waals surface area contributed by atoms with Crippen LogP contribution in [0, 0.1) is 5.82 Å². The van der Waals surface area contributed by atoms with Crippen molar-refractivity contribution in [3.63, 3.8) is 0 Å². The molecule has 1 atom stereocenters. The monoisotopic (exact) mass is 311 g/mol. The fraction of sp³-hybridized carbons (Fsp3) is 0.308. The van der Waals surface area contributed by atoms with Gasteiger partial charge in [-0.15, -0.1) is 0 Å². The lowest BCUT2D eigenvalue weighted by atomic mass is 10.2. The average molecular weight is 311 g/mol. The third-order valence-electron chi connectivity index (χ3n) is 2.93. The smallest absolute Gasteiger partial charge is 0.414 e. The molecule has 0 spiro atoms. The van der Waals surface area contributed by atoms with Gasteiger partial charge in [-0.1, -0.05) is 12.2 Å². The lowest BCUT2D eigenvalue weighted by Crippen LogP contribution is -2.32. The van der Waals surface area contributed by atoms with E-state index in [1.165, 1.54) is 23.1 Å². The Morgan fingerprint density at radius 1 is 1.62 bits per heavy atom. The summed E-state index contributed by atoms with van der Waals surface area (Å²) in [6.45, 7) is 2.44. The van der Waals surface area contributed by atoms with Gasteiger partial charge in [0.1, 0.15) is 11.9 Å². The fourth-order valence-electron chi connectivity index (χ4n) is 1.95. The van der Waals surface area contributed by atoms with E-state index in [-0.39, 0.29) is 11.8 Å². The molecule has 1 aliphatic heterocycles. The molecule has 1 aromatic carbocycles. The molecule has 0 saturated carbocycles. The molecule has 0 aliphatic carbocycles. The van der Waals surface area contributed by atoms with E-state index in [0.29, 0.717) is 30.2 Å². The molecule has 2 rings (SSSR count). The Morgan fingerprint density at radius 2 is 2.38 bits per heavy atom. The predicted octanol–water partition coefficient (Wildman–Crippen LogP) is 1.66. The maximum atomic E-state index is 13.7. The van der Waals surface area contributed by atoms with Crippen LogP contribution in [0.3, 0.4) is 0 Å². The molecule has 0 bridgehead atoms. The van der Waals surface area contributed by atoms with Crippen molar-refractivity contribution in [1.82, 2.24) is 5.32 Å². The molecule has 1 fully saturated rings. The van der Waals surface area contributed by atoms with E-state index in [1.807, 2.05) is 0 Å². The van der Waals surface area contributed by atoms with Crippen LogP contribution in [0.15, 0.2) is 18.2 Å². The number of ether oxygens (including phenoxy) is 1. The van der Waals surface area contributed by atoms with Gasteiger partial charge in [0, 0.05) is 0 Å². The van der Waals surface area contributed by atoms with E-state index >= 15 is 0 Å². The molecule has 112 valence electrons. The third-order valence-corrected chi connectivity index (χ3v) is 3.08. The Hall–Kier alpha value is -2.22. The molecule has 1 aliphatic rings. The van der Waals surface area contributed by atoms with Crippen LogP contribution >= 0.6 is 12.2 Å². The molecular formula is C13H14FN3O3S. The minimum atomic E-state index is -0.622. The molecule has 1 heterocycles. The zero-order valence-electron chi connectivity index (χ0n) is 11.3. The van der Waals surface area contributed by atoms with Crippen LogP contribution in [0.5, 0.6) is 0 Å². The third kappa shape index (κ3) is 3.66. The molecule has 2 amide bonds. The van der Waals surface area contributed by atoms with Crippen LogP contribution in [0.4, 0.5) is 20.6 Å². The van der Waals surface area contributed by atoms with Crippen molar-refractivity contribution >= 4 is 41.1 Å². The maximum Gasteiger partial charge on any atom is 0.414 e. The van der Waals surface area contributed by atoms with Crippen LogP contribution in [0.2, 0.25) is 0 Å². The van der Waals surface area contributed by atoms with Gasteiger partial charge in [0.25, 0.3) is 0 Å². The Kier molecular flexibility index (Phi) is 4.69. The van der Waals surface area contributed by atoms with Crippen LogP contribution < -0.4 is 15.5 Å². The SMILES string of the molecule is CC(=S)NC[C@H]1CN(c2ccc(NC=O)c(F)c2)C(=O)O1. The second-order valence-corrected chi connectivity index (χ2v) is 5.09. The Bertz CT molecular complexity index is 582. The molecule has 8 heteroatoms. The first-order valence-electron chi connectivity index (χ1n) is 6.23. The number of hydrogen-bond acceptors (Lipinski definition) is 4. The highest BCUT2D eigenvalue weighted by Crippen LogP contribution is 2.25. The summed E-state index contributed by atoms with van der Waals surface area (Å²) in [7, 11) is 0. The predicted molar refractivity (Wildman–Crippen MR) is 80.0 cm³/mol. The van der Waals surface area contributed by atoms with Gasteiger partial charge in [0.2, 0.25) is 6.41 Å². The Balaban J connectivity index is 2.08. The van der Waals surface area contributed by atoms with E-state index < -0.39 is 11.9 Å². The van der Waals surface area contributed by atoms with Crippen LogP contribution in [-0.2, 0) is 9.53 Å². The Labute approximate surface area is 126 Å². The highest BCUT2D eigenvalue weighted by Gasteiger charge is 2.32. The summed E-state index contributed by atoms with van der Waals surface area (Å²) in [5, 5.41) is 5.15. The van der Waals surface area contributed by atoms with E-state index in [9.17, 15) is 14.0 Å². The van der Waals surface area contributed by atoms with Crippen molar-refractivity contribution in [3.05, 3.63) is 24.0 Å². The number of rotatable bonds is 5. The minimum Gasteiger partial charge on any atom is -0.442 e. The minimum absolute atomic E-state index is 0.0517. The van der Waals surface area contributed by atoms with Crippen LogP contribution in [0.25, 0.3) is 0 Å². The molecule has 0 aromatic heterocycles. The van der Waals surface area contributed by atoms with Crippen molar-refractivity contribution < 1.29 is 18.7 Å². The average Bonchev–Trinajstić information content (AvgIpc) is 2.80. The second kappa shape index (κ2) is 6.49. The standard InChI is InChI=1S/C13H14FN3O3S/c1-8(21)15-5-10-6-17(13(19)20-10)9-2-3-12(16-7-18)11(14)4-9/h2-4,7,10H,5-6H2,1H3,(H,15,21)(H,16,18)/t10-/m0/s1. The van der Waals surface area contributed by atoms with Crippen molar-refractivity contribution in [3.8, 4) is 0 Å². The number of nitrogens with zero attached hydrogens (tertiary/aromatic N) is 1. The summed E-state index contributed by atoms with van der Waals surface area (Å²) in [5.41, 5.74) is 0.423. The molecule has 1 aromatic rings. The summed E-state index contributed by atoms with van der Waals surface area (Å²) in [6.07, 6.45) is -0.511. The highest BCUT2D eigenvalue weighted by atomic mass is 32.1. The number of benzene rings is 1. The molecular weight excluding hydrogens is 297 g/mol. The van der Waals surface area contributed by atoms with E-state index in [0.717, 1.165) is 0 Å². The highest BCUT2D eigenvalue weighted by molar-refractivity contribution is 7.80. The maximum absolute atomic E-state index is 13.7. The summed E-state index contributed by atoms with van der Waals surface area (Å²) in [6, 6.07) is 4.10. The van der Waals surface area contributed by atoms with Gasteiger partial charge in [0.15, 0.2) is 0 Å².